The summed E-state index contributed by atoms with van der Waals surface area (Å²) in [6, 6.07) is 9.37. The summed E-state index contributed by atoms with van der Waals surface area (Å²) in [5.41, 5.74) is 0.133. The molecule has 1 N–H and O–H groups in total. The van der Waals surface area contributed by atoms with Crippen molar-refractivity contribution in [1.29, 1.82) is 0 Å². The highest BCUT2D eigenvalue weighted by molar-refractivity contribution is 6.08. The van der Waals surface area contributed by atoms with Gasteiger partial charge in [0.25, 0.3) is 5.91 Å². The Kier molecular flexibility index (Phi) is 7.22. The van der Waals surface area contributed by atoms with E-state index < -0.39 is 11.6 Å². The van der Waals surface area contributed by atoms with Crippen molar-refractivity contribution in [3.05, 3.63) is 35.9 Å². The van der Waals surface area contributed by atoms with Crippen LogP contribution in [0.3, 0.4) is 0 Å². The van der Waals surface area contributed by atoms with Gasteiger partial charge in [0.05, 0.1) is 0 Å². The third-order valence-electron chi connectivity index (χ3n) is 4.92. The van der Waals surface area contributed by atoms with Crippen LogP contribution in [-0.4, -0.2) is 52.8 Å². The second kappa shape index (κ2) is 9.22. The molecule has 0 unspecified atom stereocenters. The Morgan fingerprint density at radius 1 is 1.07 bits per heavy atom. The van der Waals surface area contributed by atoms with Crippen molar-refractivity contribution in [3.8, 4) is 0 Å². The molecule has 1 heterocycles. The van der Waals surface area contributed by atoms with Crippen LogP contribution in [0.4, 0.5) is 4.79 Å². The number of aryl methyl sites for hydroxylation is 1. The van der Waals surface area contributed by atoms with Crippen LogP contribution in [0, 0.1) is 11.8 Å². The van der Waals surface area contributed by atoms with Crippen LogP contribution in [0.25, 0.3) is 0 Å². The molecule has 0 radical (unpaired) electrons. The van der Waals surface area contributed by atoms with Gasteiger partial charge < -0.3 is 10.2 Å². The highest BCUT2D eigenvalue weighted by atomic mass is 16.2. The number of amides is 4. The number of hydrogen-bond acceptors (Lipinski definition) is 3. The van der Waals surface area contributed by atoms with Crippen molar-refractivity contribution in [1.82, 2.24) is 15.1 Å². The maximum absolute atomic E-state index is 12.9. The fraction of sp³-hybridized carbons (Fsp3) is 0.591. The minimum Gasteiger partial charge on any atom is -0.341 e. The molecule has 1 fully saturated rings. The SMILES string of the molecule is CC(C)CN(CC(C)C)C(=O)CN1C(=O)N[C@](C)(CCc2ccccc2)C1=O. The molecule has 1 aliphatic rings. The lowest BCUT2D eigenvalue weighted by Crippen LogP contribution is -2.47. The molecule has 0 saturated carbocycles. The largest absolute Gasteiger partial charge is 0.341 e. The van der Waals surface area contributed by atoms with Gasteiger partial charge in [-0.3, -0.25) is 14.5 Å². The highest BCUT2D eigenvalue weighted by Crippen LogP contribution is 2.23. The van der Waals surface area contributed by atoms with E-state index in [1.165, 1.54) is 0 Å². The Balaban J connectivity index is 2.04. The number of hydrogen-bond donors (Lipinski definition) is 1. The number of rotatable bonds is 9. The number of carbonyl (C=O) groups excluding carboxylic acids is 3. The zero-order valence-corrected chi connectivity index (χ0v) is 17.7. The third-order valence-corrected chi connectivity index (χ3v) is 4.92. The topological polar surface area (TPSA) is 69.7 Å². The molecule has 1 aromatic rings. The molecular formula is C22H33N3O3. The summed E-state index contributed by atoms with van der Waals surface area (Å²) in [5, 5.41) is 2.79. The summed E-state index contributed by atoms with van der Waals surface area (Å²) < 4.78 is 0. The average Bonchev–Trinajstić information content (AvgIpc) is 2.83. The van der Waals surface area contributed by atoms with Crippen molar-refractivity contribution < 1.29 is 14.4 Å². The van der Waals surface area contributed by atoms with Crippen LogP contribution in [0.1, 0.15) is 46.6 Å². The van der Waals surface area contributed by atoms with Gasteiger partial charge >= 0.3 is 6.03 Å². The first-order valence-corrected chi connectivity index (χ1v) is 10.1. The first-order valence-electron chi connectivity index (χ1n) is 10.1. The molecular weight excluding hydrogens is 354 g/mol. The lowest BCUT2D eigenvalue weighted by molar-refractivity contribution is -0.139. The van der Waals surface area contributed by atoms with E-state index in [1.807, 2.05) is 30.3 Å². The minimum atomic E-state index is -0.978. The van der Waals surface area contributed by atoms with E-state index in [0.717, 1.165) is 10.5 Å². The Bertz CT molecular complexity index is 692. The van der Waals surface area contributed by atoms with Gasteiger partial charge in [-0.1, -0.05) is 58.0 Å². The van der Waals surface area contributed by atoms with Crippen molar-refractivity contribution in [2.45, 2.75) is 53.0 Å². The molecule has 1 atom stereocenters. The number of nitrogens with zero attached hydrogens (tertiary/aromatic N) is 2. The number of urea groups is 1. The van der Waals surface area contributed by atoms with Gasteiger partial charge in [-0.05, 0) is 37.2 Å². The van der Waals surface area contributed by atoms with Gasteiger partial charge in [-0.25, -0.2) is 4.79 Å². The summed E-state index contributed by atoms with van der Waals surface area (Å²) in [6.45, 7) is 11.0. The maximum atomic E-state index is 12.9. The van der Waals surface area contributed by atoms with Gasteiger partial charge in [0.15, 0.2) is 0 Å². The summed E-state index contributed by atoms with van der Waals surface area (Å²) >= 11 is 0. The molecule has 6 nitrogen and oxygen atoms in total. The van der Waals surface area contributed by atoms with E-state index in [-0.39, 0.29) is 18.4 Å². The normalized spacial score (nSPS) is 19.5. The molecule has 28 heavy (non-hydrogen) atoms. The Morgan fingerprint density at radius 3 is 2.18 bits per heavy atom. The predicted octanol–water partition coefficient (Wildman–Crippen LogP) is 3.07. The second-order valence-corrected chi connectivity index (χ2v) is 8.73. The van der Waals surface area contributed by atoms with Crippen LogP contribution in [-0.2, 0) is 16.0 Å². The third kappa shape index (κ3) is 5.57. The first-order chi connectivity index (χ1) is 13.1. The Labute approximate surface area is 168 Å². The average molecular weight is 388 g/mol. The fourth-order valence-electron chi connectivity index (χ4n) is 3.49. The molecule has 4 amide bonds. The van der Waals surface area contributed by atoms with Gasteiger partial charge in [-0.2, -0.15) is 0 Å². The summed E-state index contributed by atoms with van der Waals surface area (Å²) in [6.07, 6.45) is 1.17. The molecule has 0 bridgehead atoms. The lowest BCUT2D eigenvalue weighted by atomic mass is 9.93. The number of benzene rings is 1. The van der Waals surface area contributed by atoms with E-state index >= 15 is 0 Å². The molecule has 154 valence electrons. The first kappa shape index (κ1) is 21.9. The zero-order valence-electron chi connectivity index (χ0n) is 17.7. The quantitative estimate of drug-likeness (QED) is 0.662. The van der Waals surface area contributed by atoms with Crippen LogP contribution in [0.15, 0.2) is 30.3 Å². The number of imide groups is 1. The van der Waals surface area contributed by atoms with Gasteiger partial charge in [0, 0.05) is 13.1 Å². The Hall–Kier alpha value is -2.37. The molecule has 1 saturated heterocycles. The predicted molar refractivity (Wildman–Crippen MR) is 110 cm³/mol. The van der Waals surface area contributed by atoms with E-state index in [9.17, 15) is 14.4 Å². The monoisotopic (exact) mass is 387 g/mol. The molecule has 0 aliphatic carbocycles. The van der Waals surface area contributed by atoms with Crippen LogP contribution < -0.4 is 5.32 Å². The van der Waals surface area contributed by atoms with Crippen molar-refractivity contribution >= 4 is 17.8 Å². The zero-order chi connectivity index (χ0) is 20.9. The maximum Gasteiger partial charge on any atom is 0.325 e. The van der Waals surface area contributed by atoms with Crippen LogP contribution >= 0.6 is 0 Å². The van der Waals surface area contributed by atoms with E-state index in [0.29, 0.717) is 37.8 Å². The highest BCUT2D eigenvalue weighted by Gasteiger charge is 2.48. The second-order valence-electron chi connectivity index (χ2n) is 8.73. The molecule has 0 spiro atoms. The van der Waals surface area contributed by atoms with Crippen LogP contribution in [0.2, 0.25) is 0 Å². The van der Waals surface area contributed by atoms with Gasteiger partial charge in [0.1, 0.15) is 12.1 Å². The summed E-state index contributed by atoms with van der Waals surface area (Å²) in [4.78, 5) is 41.0. The smallest absolute Gasteiger partial charge is 0.325 e. The van der Waals surface area contributed by atoms with Crippen LogP contribution in [0.5, 0.6) is 0 Å². The van der Waals surface area contributed by atoms with Crippen molar-refractivity contribution in [2.24, 2.45) is 11.8 Å². The number of nitrogens with one attached hydrogen (secondary N) is 1. The summed E-state index contributed by atoms with van der Waals surface area (Å²) in [5.74, 6) is 0.137. The van der Waals surface area contributed by atoms with E-state index in [4.69, 9.17) is 0 Å². The van der Waals surface area contributed by atoms with Crippen molar-refractivity contribution in [3.63, 3.8) is 0 Å². The standard InChI is InChI=1S/C22H33N3O3/c1-16(2)13-24(14-17(3)4)19(26)15-25-20(27)22(5,23-21(25)28)12-11-18-9-7-6-8-10-18/h6-10,16-17H,11-15H2,1-5H3,(H,23,28)/t22-/m1/s1. The molecule has 6 heteroatoms. The lowest BCUT2D eigenvalue weighted by Gasteiger charge is -2.28. The minimum absolute atomic E-state index is 0.182. The fourth-order valence-corrected chi connectivity index (χ4v) is 3.49. The number of carbonyl (C=O) groups is 3. The van der Waals surface area contributed by atoms with Gasteiger partial charge in [-0.15, -0.1) is 0 Å². The van der Waals surface area contributed by atoms with Crippen molar-refractivity contribution in [2.75, 3.05) is 19.6 Å². The van der Waals surface area contributed by atoms with E-state index in [1.54, 1.807) is 11.8 Å². The molecule has 0 aromatic heterocycles. The molecule has 2 rings (SSSR count). The molecule has 1 aromatic carbocycles. The Morgan fingerprint density at radius 2 is 1.64 bits per heavy atom. The summed E-state index contributed by atoms with van der Waals surface area (Å²) in [7, 11) is 0. The van der Waals surface area contributed by atoms with Gasteiger partial charge in [0.2, 0.25) is 5.91 Å². The van der Waals surface area contributed by atoms with E-state index in [2.05, 4.69) is 33.0 Å². The molecule has 1 aliphatic heterocycles.